The summed E-state index contributed by atoms with van der Waals surface area (Å²) in [6, 6.07) is 0. The molecule has 1 unspecified atom stereocenters. The van der Waals surface area contributed by atoms with Crippen molar-refractivity contribution >= 4 is 23.3 Å². The van der Waals surface area contributed by atoms with Gasteiger partial charge in [0, 0.05) is 52.2 Å². The van der Waals surface area contributed by atoms with Crippen LogP contribution in [-0.4, -0.2) is 28.4 Å². The summed E-state index contributed by atoms with van der Waals surface area (Å²) in [4.78, 5) is 51.8. The van der Waals surface area contributed by atoms with Gasteiger partial charge in [-0.2, -0.15) is 0 Å². The number of Topliss-reactive ketones (excluding diaryl/α,β-unsaturated/α-hetero) is 3. The zero-order valence-electron chi connectivity index (χ0n) is 22.5. The molecule has 1 N–H and O–H groups in total. The lowest BCUT2D eigenvalue weighted by molar-refractivity contribution is -0.146. The molecule has 0 amide bonds. The minimum Gasteiger partial charge on any atom is -0.478 e. The molecule has 0 aromatic carbocycles. The van der Waals surface area contributed by atoms with Gasteiger partial charge in [0.2, 0.25) is 0 Å². The smallest absolute Gasteiger partial charge is 0.330 e. The van der Waals surface area contributed by atoms with E-state index < -0.39 is 16.8 Å². The summed E-state index contributed by atoms with van der Waals surface area (Å²) in [6.45, 7) is 14.3. The van der Waals surface area contributed by atoms with Crippen molar-refractivity contribution in [2.45, 2.75) is 99.8 Å². The maximum absolute atomic E-state index is 14.0. The van der Waals surface area contributed by atoms with E-state index >= 15 is 0 Å². The van der Waals surface area contributed by atoms with Gasteiger partial charge in [0.1, 0.15) is 5.78 Å². The summed E-state index contributed by atoms with van der Waals surface area (Å²) in [5, 5.41) is 9.14. The molecule has 4 aliphatic carbocycles. The summed E-state index contributed by atoms with van der Waals surface area (Å²) in [7, 11) is 0. The number of aliphatic carboxylic acids is 1. The first kappa shape index (κ1) is 26.0. The van der Waals surface area contributed by atoms with Crippen molar-refractivity contribution in [3.63, 3.8) is 0 Å². The summed E-state index contributed by atoms with van der Waals surface area (Å²) < 4.78 is 0. The molecule has 0 aromatic rings. The number of allylic oxidation sites excluding steroid dienone is 3. The van der Waals surface area contributed by atoms with Crippen LogP contribution >= 0.6 is 0 Å². The van der Waals surface area contributed by atoms with Crippen LogP contribution in [0.2, 0.25) is 0 Å². The molecule has 5 heteroatoms. The third-order valence-corrected chi connectivity index (χ3v) is 11.2. The van der Waals surface area contributed by atoms with E-state index in [1.165, 1.54) is 0 Å². The van der Waals surface area contributed by atoms with Gasteiger partial charge in [-0.1, -0.05) is 47.6 Å². The first-order chi connectivity index (χ1) is 16.1. The van der Waals surface area contributed by atoms with Crippen LogP contribution in [0.4, 0.5) is 0 Å². The molecule has 0 radical (unpaired) electrons. The highest BCUT2D eigenvalue weighted by molar-refractivity contribution is 6.12. The lowest BCUT2D eigenvalue weighted by atomic mass is 9.43. The van der Waals surface area contributed by atoms with E-state index in [-0.39, 0.29) is 34.1 Å². The van der Waals surface area contributed by atoms with Gasteiger partial charge in [0.15, 0.2) is 11.6 Å². The van der Waals surface area contributed by atoms with Gasteiger partial charge in [0.25, 0.3) is 0 Å². The van der Waals surface area contributed by atoms with Crippen molar-refractivity contribution in [2.24, 2.45) is 39.4 Å². The van der Waals surface area contributed by atoms with Crippen molar-refractivity contribution in [2.75, 3.05) is 0 Å². The molecular formula is C30H42O5. The van der Waals surface area contributed by atoms with Gasteiger partial charge in [-0.25, -0.2) is 4.79 Å². The molecule has 0 saturated heterocycles. The summed E-state index contributed by atoms with van der Waals surface area (Å²) >= 11 is 0. The lowest BCUT2D eigenvalue weighted by Gasteiger charge is -2.59. The average Bonchev–Trinajstić information content (AvgIpc) is 3.03. The zero-order valence-corrected chi connectivity index (χ0v) is 22.5. The SMILES string of the molecule is C/C(=C\CC[C@@H](C)[C@H]1CC[C@@]2(C)C3=C(C(=O)C[C@]12C)[C@@]1(C)CCC(=O)C(C)(C)C1CC3=O)C(=O)O. The average molecular weight is 483 g/mol. The van der Waals surface area contributed by atoms with Crippen LogP contribution in [0, 0.1) is 39.4 Å². The quantitative estimate of drug-likeness (QED) is 0.478. The van der Waals surface area contributed by atoms with Crippen LogP contribution in [0.25, 0.3) is 0 Å². The Labute approximate surface area is 209 Å². The number of carbonyl (C=O) groups excluding carboxylic acids is 3. The maximum Gasteiger partial charge on any atom is 0.330 e. The van der Waals surface area contributed by atoms with E-state index in [0.717, 1.165) is 30.4 Å². The Bertz CT molecular complexity index is 1060. The normalized spacial score (nSPS) is 39.7. The molecule has 4 rings (SSSR count). The van der Waals surface area contributed by atoms with E-state index in [9.17, 15) is 19.2 Å². The number of carboxylic acids is 1. The van der Waals surface area contributed by atoms with E-state index in [2.05, 4.69) is 27.7 Å². The molecular weight excluding hydrogens is 440 g/mol. The van der Waals surface area contributed by atoms with E-state index in [0.29, 0.717) is 49.5 Å². The fourth-order valence-electron chi connectivity index (χ4n) is 8.77. The number of hydrogen-bond donors (Lipinski definition) is 1. The Morgan fingerprint density at radius 3 is 2.34 bits per heavy atom. The second kappa shape index (κ2) is 8.24. The molecule has 5 nitrogen and oxygen atoms in total. The molecule has 2 fully saturated rings. The van der Waals surface area contributed by atoms with Crippen molar-refractivity contribution < 1.29 is 24.3 Å². The summed E-state index contributed by atoms with van der Waals surface area (Å²) in [6.07, 6.45) is 7.14. The number of ketones is 3. The van der Waals surface area contributed by atoms with Crippen LogP contribution in [-0.2, 0) is 19.2 Å². The second-order valence-corrected chi connectivity index (χ2v) is 13.2. The van der Waals surface area contributed by atoms with Crippen molar-refractivity contribution in [1.82, 2.24) is 0 Å². The molecule has 35 heavy (non-hydrogen) atoms. The monoisotopic (exact) mass is 482 g/mol. The minimum atomic E-state index is -0.884. The number of carboxylic acid groups (broad SMARTS) is 1. The van der Waals surface area contributed by atoms with Crippen LogP contribution in [0.5, 0.6) is 0 Å². The summed E-state index contributed by atoms with van der Waals surface area (Å²) in [5.41, 5.74) is 0.240. The molecule has 0 heterocycles. The number of rotatable bonds is 5. The standard InChI is InChI=1S/C30H42O5/c1-17(9-8-10-18(2)26(34)35)19-11-14-29(6)25-20(31)15-22-27(3,4)23(33)12-13-28(22,5)24(25)21(32)16-30(19,29)7/h10,17,19,22H,8-9,11-16H2,1-7H3,(H,34,35)/b18-10+/t17-,19-,22?,28+,29+,30-/m1/s1. The predicted molar refractivity (Wildman–Crippen MR) is 135 cm³/mol. The highest BCUT2D eigenvalue weighted by atomic mass is 16.4. The predicted octanol–water partition coefficient (Wildman–Crippen LogP) is 6.11. The van der Waals surface area contributed by atoms with Gasteiger partial charge in [-0.05, 0) is 62.2 Å². The Morgan fingerprint density at radius 2 is 1.71 bits per heavy atom. The fourth-order valence-corrected chi connectivity index (χ4v) is 8.77. The Kier molecular flexibility index (Phi) is 6.13. The molecule has 0 bridgehead atoms. The van der Waals surface area contributed by atoms with Crippen LogP contribution < -0.4 is 0 Å². The van der Waals surface area contributed by atoms with Gasteiger partial charge < -0.3 is 5.11 Å². The zero-order chi connectivity index (χ0) is 26.1. The number of carbonyl (C=O) groups is 4. The van der Waals surface area contributed by atoms with Crippen LogP contribution in [0.3, 0.4) is 0 Å². The highest BCUT2D eigenvalue weighted by Crippen LogP contribution is 2.70. The lowest BCUT2D eigenvalue weighted by Crippen LogP contribution is -2.58. The van der Waals surface area contributed by atoms with Crippen LogP contribution in [0.1, 0.15) is 99.8 Å². The van der Waals surface area contributed by atoms with E-state index in [1.54, 1.807) is 13.0 Å². The molecule has 6 atom stereocenters. The second-order valence-electron chi connectivity index (χ2n) is 13.2. The molecule has 0 spiro atoms. The number of hydrogen-bond acceptors (Lipinski definition) is 4. The third kappa shape index (κ3) is 3.54. The van der Waals surface area contributed by atoms with Crippen molar-refractivity contribution in [1.29, 1.82) is 0 Å². The van der Waals surface area contributed by atoms with Crippen molar-refractivity contribution in [3.8, 4) is 0 Å². The Balaban J connectivity index is 1.72. The molecule has 0 aromatic heterocycles. The number of fused-ring (bicyclic) bond motifs is 4. The molecule has 4 aliphatic rings. The Hall–Kier alpha value is -2.04. The van der Waals surface area contributed by atoms with Gasteiger partial charge >= 0.3 is 5.97 Å². The molecule has 0 aliphatic heterocycles. The highest BCUT2D eigenvalue weighted by Gasteiger charge is 2.67. The van der Waals surface area contributed by atoms with Gasteiger partial charge in [-0.15, -0.1) is 0 Å². The van der Waals surface area contributed by atoms with Crippen molar-refractivity contribution in [3.05, 3.63) is 22.8 Å². The van der Waals surface area contributed by atoms with Crippen LogP contribution in [0.15, 0.2) is 22.8 Å². The fraction of sp³-hybridized carbons (Fsp3) is 0.733. The molecule has 192 valence electrons. The largest absolute Gasteiger partial charge is 0.478 e. The first-order valence-corrected chi connectivity index (χ1v) is 13.4. The third-order valence-electron chi connectivity index (χ3n) is 11.2. The maximum atomic E-state index is 14.0. The van der Waals surface area contributed by atoms with Gasteiger partial charge in [-0.3, -0.25) is 14.4 Å². The Morgan fingerprint density at radius 1 is 1.06 bits per heavy atom. The topological polar surface area (TPSA) is 88.5 Å². The van der Waals surface area contributed by atoms with Gasteiger partial charge in [0.05, 0.1) is 0 Å². The minimum absolute atomic E-state index is 0.0837. The van der Waals surface area contributed by atoms with E-state index in [1.807, 2.05) is 13.8 Å². The van der Waals surface area contributed by atoms with E-state index in [4.69, 9.17) is 5.11 Å². The summed E-state index contributed by atoms with van der Waals surface area (Å²) in [5.74, 6) is 0.0184. The first-order valence-electron chi connectivity index (χ1n) is 13.4. The molecule has 2 saturated carbocycles.